The van der Waals surface area contributed by atoms with Gasteiger partial charge in [0.2, 0.25) is 0 Å². The van der Waals surface area contributed by atoms with Crippen LogP contribution in [0.25, 0.3) is 0 Å². The second kappa shape index (κ2) is 10.3. The first-order valence-electron chi connectivity index (χ1n) is 9.72. The second-order valence-corrected chi connectivity index (χ2v) is 6.84. The number of urea groups is 1. The van der Waals surface area contributed by atoms with Crippen molar-refractivity contribution >= 4 is 11.7 Å². The number of anilines is 1. The van der Waals surface area contributed by atoms with Crippen LogP contribution in [-0.4, -0.2) is 43.2 Å². The number of benzene rings is 2. The smallest absolute Gasteiger partial charge is 0.319 e. The molecule has 2 amide bonds. The van der Waals surface area contributed by atoms with E-state index in [4.69, 9.17) is 10.00 Å². The molecule has 0 saturated carbocycles. The van der Waals surface area contributed by atoms with Crippen LogP contribution in [0.2, 0.25) is 0 Å². The zero-order valence-corrected chi connectivity index (χ0v) is 15.9. The molecule has 146 valence electrons. The summed E-state index contributed by atoms with van der Waals surface area (Å²) < 4.78 is 5.82. The lowest BCUT2D eigenvalue weighted by atomic mass is 10.0. The molecule has 1 aliphatic heterocycles. The molecule has 6 nitrogen and oxygen atoms in total. The molecule has 0 spiro atoms. The van der Waals surface area contributed by atoms with Gasteiger partial charge in [0.15, 0.2) is 0 Å². The third-order valence-corrected chi connectivity index (χ3v) is 4.92. The lowest BCUT2D eigenvalue weighted by Crippen LogP contribution is -2.48. The van der Waals surface area contributed by atoms with Crippen molar-refractivity contribution in [1.29, 1.82) is 5.26 Å². The summed E-state index contributed by atoms with van der Waals surface area (Å²) in [6.45, 7) is 2.89. The van der Waals surface area contributed by atoms with Crippen molar-refractivity contribution in [2.75, 3.05) is 31.6 Å². The van der Waals surface area contributed by atoms with Crippen LogP contribution in [0.1, 0.15) is 24.8 Å². The first-order chi connectivity index (χ1) is 13.8. The van der Waals surface area contributed by atoms with E-state index in [0.717, 1.165) is 31.6 Å². The highest BCUT2D eigenvalue weighted by atomic mass is 16.5. The molecule has 0 radical (unpaired) electrons. The summed E-state index contributed by atoms with van der Waals surface area (Å²) in [5, 5.41) is 15.0. The van der Waals surface area contributed by atoms with E-state index in [1.165, 1.54) is 6.42 Å². The van der Waals surface area contributed by atoms with Crippen molar-refractivity contribution in [3.63, 3.8) is 0 Å². The number of carbonyl (C=O) groups excluding carboxylic acids is 1. The first kappa shape index (κ1) is 19.7. The predicted molar refractivity (Wildman–Crippen MR) is 109 cm³/mol. The Labute approximate surface area is 166 Å². The number of nitrogens with one attached hydrogen (secondary N) is 2. The van der Waals surface area contributed by atoms with Crippen LogP contribution in [0.3, 0.4) is 0 Å². The number of piperidine rings is 1. The third-order valence-electron chi connectivity index (χ3n) is 4.92. The summed E-state index contributed by atoms with van der Waals surface area (Å²) in [6, 6.07) is 19.0. The molecule has 2 aromatic carbocycles. The van der Waals surface area contributed by atoms with Gasteiger partial charge in [0.05, 0.1) is 5.56 Å². The van der Waals surface area contributed by atoms with Crippen LogP contribution < -0.4 is 15.4 Å². The highest BCUT2D eigenvalue weighted by Crippen LogP contribution is 2.19. The fourth-order valence-electron chi connectivity index (χ4n) is 3.45. The van der Waals surface area contributed by atoms with Gasteiger partial charge in [0.1, 0.15) is 18.4 Å². The minimum absolute atomic E-state index is 0.184. The Morgan fingerprint density at radius 1 is 1.14 bits per heavy atom. The van der Waals surface area contributed by atoms with Gasteiger partial charge < -0.3 is 15.4 Å². The Bertz CT molecular complexity index is 804. The summed E-state index contributed by atoms with van der Waals surface area (Å²) >= 11 is 0. The molecule has 1 fully saturated rings. The Hall–Kier alpha value is -3.04. The standard InChI is InChI=1S/C22H26N4O2/c23-16-18-8-4-5-12-21(18)28-15-14-26-13-7-6-11-20(26)17-24-22(27)25-19-9-2-1-3-10-19/h1-5,8-10,12,20H,6-7,11,13-15,17H2,(H2,24,25,27)/t20-/m0/s1. The highest BCUT2D eigenvalue weighted by Gasteiger charge is 2.22. The number of hydrogen-bond acceptors (Lipinski definition) is 4. The monoisotopic (exact) mass is 378 g/mol. The van der Waals surface area contributed by atoms with Gasteiger partial charge >= 0.3 is 6.03 Å². The van der Waals surface area contributed by atoms with Gasteiger partial charge in [0.25, 0.3) is 0 Å². The minimum atomic E-state index is -0.184. The van der Waals surface area contributed by atoms with Crippen LogP contribution in [0, 0.1) is 11.3 Å². The largest absolute Gasteiger partial charge is 0.491 e. The van der Waals surface area contributed by atoms with E-state index in [0.29, 0.717) is 30.5 Å². The van der Waals surface area contributed by atoms with E-state index in [2.05, 4.69) is 21.6 Å². The summed E-state index contributed by atoms with van der Waals surface area (Å²) in [4.78, 5) is 14.5. The maximum Gasteiger partial charge on any atom is 0.319 e. The van der Waals surface area contributed by atoms with E-state index in [1.807, 2.05) is 48.5 Å². The molecule has 1 aliphatic rings. The van der Waals surface area contributed by atoms with Crippen LogP contribution in [0.15, 0.2) is 54.6 Å². The molecular weight excluding hydrogens is 352 g/mol. The van der Waals surface area contributed by atoms with Crippen molar-refractivity contribution < 1.29 is 9.53 Å². The topological polar surface area (TPSA) is 77.4 Å². The van der Waals surface area contributed by atoms with Gasteiger partial charge in [0, 0.05) is 24.8 Å². The normalized spacial score (nSPS) is 16.8. The van der Waals surface area contributed by atoms with Crippen LogP contribution >= 0.6 is 0 Å². The van der Waals surface area contributed by atoms with Gasteiger partial charge in [-0.15, -0.1) is 0 Å². The second-order valence-electron chi connectivity index (χ2n) is 6.84. The molecule has 0 aromatic heterocycles. The molecule has 0 bridgehead atoms. The van der Waals surface area contributed by atoms with Gasteiger partial charge in [-0.3, -0.25) is 4.90 Å². The molecule has 2 N–H and O–H groups in total. The molecular formula is C22H26N4O2. The number of nitrogens with zero attached hydrogens (tertiary/aromatic N) is 2. The molecule has 0 unspecified atom stereocenters. The van der Waals surface area contributed by atoms with Crippen LogP contribution in [-0.2, 0) is 0 Å². The van der Waals surface area contributed by atoms with Crippen LogP contribution in [0.4, 0.5) is 10.5 Å². The number of para-hydroxylation sites is 2. The third kappa shape index (κ3) is 5.73. The Kier molecular flexibility index (Phi) is 7.28. The number of hydrogen-bond donors (Lipinski definition) is 2. The number of ether oxygens (including phenoxy) is 1. The predicted octanol–water partition coefficient (Wildman–Crippen LogP) is 3.61. The fraction of sp³-hybridized carbons (Fsp3) is 0.364. The SMILES string of the molecule is N#Cc1ccccc1OCCN1CCCC[C@H]1CNC(=O)Nc1ccccc1. The molecule has 3 rings (SSSR count). The molecule has 1 atom stereocenters. The van der Waals surface area contributed by atoms with Crippen molar-refractivity contribution in [1.82, 2.24) is 10.2 Å². The summed E-state index contributed by atoms with van der Waals surface area (Å²) in [5.41, 5.74) is 1.34. The Balaban J connectivity index is 1.46. The number of carbonyl (C=O) groups is 1. The van der Waals surface area contributed by atoms with E-state index < -0.39 is 0 Å². The fourth-order valence-corrected chi connectivity index (χ4v) is 3.45. The molecule has 28 heavy (non-hydrogen) atoms. The molecule has 0 aliphatic carbocycles. The number of nitriles is 1. The van der Waals surface area contributed by atoms with Crippen molar-refractivity contribution in [2.24, 2.45) is 0 Å². The van der Waals surface area contributed by atoms with E-state index in [9.17, 15) is 4.79 Å². The molecule has 1 heterocycles. The maximum atomic E-state index is 12.1. The Morgan fingerprint density at radius 3 is 2.75 bits per heavy atom. The minimum Gasteiger partial charge on any atom is -0.491 e. The Morgan fingerprint density at radius 2 is 1.93 bits per heavy atom. The number of rotatable bonds is 7. The highest BCUT2D eigenvalue weighted by molar-refractivity contribution is 5.89. The maximum absolute atomic E-state index is 12.1. The van der Waals surface area contributed by atoms with Gasteiger partial charge in [-0.2, -0.15) is 5.26 Å². The number of likely N-dealkylation sites (tertiary alicyclic amines) is 1. The zero-order chi connectivity index (χ0) is 19.6. The van der Waals surface area contributed by atoms with Gasteiger partial charge in [-0.05, 0) is 43.7 Å². The first-order valence-corrected chi connectivity index (χ1v) is 9.72. The summed E-state index contributed by atoms with van der Waals surface area (Å²) in [5.74, 6) is 0.624. The van der Waals surface area contributed by atoms with Crippen molar-refractivity contribution in [3.8, 4) is 11.8 Å². The van der Waals surface area contributed by atoms with Crippen LogP contribution in [0.5, 0.6) is 5.75 Å². The van der Waals surface area contributed by atoms with E-state index in [-0.39, 0.29) is 6.03 Å². The molecule has 2 aromatic rings. The lowest BCUT2D eigenvalue weighted by Gasteiger charge is -2.35. The lowest BCUT2D eigenvalue weighted by molar-refractivity contribution is 0.123. The van der Waals surface area contributed by atoms with Crippen molar-refractivity contribution in [3.05, 3.63) is 60.2 Å². The number of amides is 2. The zero-order valence-electron chi connectivity index (χ0n) is 15.9. The quantitative estimate of drug-likeness (QED) is 0.771. The summed E-state index contributed by atoms with van der Waals surface area (Å²) in [6.07, 6.45) is 3.38. The molecule has 6 heteroatoms. The summed E-state index contributed by atoms with van der Waals surface area (Å²) in [7, 11) is 0. The van der Waals surface area contributed by atoms with Crippen molar-refractivity contribution in [2.45, 2.75) is 25.3 Å². The average molecular weight is 378 g/mol. The van der Waals surface area contributed by atoms with Gasteiger partial charge in [-0.1, -0.05) is 36.8 Å². The molecule has 1 saturated heterocycles. The average Bonchev–Trinajstić information content (AvgIpc) is 2.74. The van der Waals surface area contributed by atoms with E-state index >= 15 is 0 Å². The van der Waals surface area contributed by atoms with Gasteiger partial charge in [-0.25, -0.2) is 4.79 Å². The van der Waals surface area contributed by atoms with E-state index in [1.54, 1.807) is 6.07 Å².